The number of hydrogen-bond donors (Lipinski definition) is 4. The van der Waals surface area contributed by atoms with Crippen LogP contribution in [0.4, 0.5) is 0 Å². The molecule has 0 aliphatic rings. The molecule has 0 amide bonds. The number of fused-ring (bicyclic) bond motifs is 4. The number of ether oxygens (including phenoxy) is 2. The molecule has 0 saturated heterocycles. The molecule has 53 heavy (non-hydrogen) atoms. The van der Waals surface area contributed by atoms with Crippen molar-refractivity contribution >= 4 is 87.0 Å². The zero-order valence-electron chi connectivity index (χ0n) is 27.4. The molecule has 0 radical (unpaired) electrons. The van der Waals surface area contributed by atoms with Crippen molar-refractivity contribution in [2.75, 3.05) is 13.9 Å². The van der Waals surface area contributed by atoms with Crippen LogP contribution >= 0.6 is 0 Å². The van der Waals surface area contributed by atoms with Crippen LogP contribution in [0.25, 0.3) is 87.0 Å². The second-order valence-electron chi connectivity index (χ2n) is 12.3. The number of phenolic OH excluding ortho intramolecular Hbond substituents is 3. The Morgan fingerprint density at radius 2 is 1.11 bits per heavy atom. The first-order valence-corrected chi connectivity index (χ1v) is 15.8. The molecule has 14 heteroatoms. The Kier molecular flexibility index (Phi) is 6.62. The Hall–Kier alpha value is -7.32. The van der Waals surface area contributed by atoms with E-state index in [4.69, 9.17) is 27.1 Å². The lowest BCUT2D eigenvalue weighted by atomic mass is 9.95. The fourth-order valence-electron chi connectivity index (χ4n) is 7.25. The van der Waals surface area contributed by atoms with Gasteiger partial charge in [0.1, 0.15) is 61.3 Å². The summed E-state index contributed by atoms with van der Waals surface area (Å²) in [6.07, 6.45) is 0. The van der Waals surface area contributed by atoms with Gasteiger partial charge in [-0.25, -0.2) is 14.4 Å². The van der Waals surface area contributed by atoms with Crippen LogP contribution < -0.4 is 27.0 Å². The third kappa shape index (κ3) is 4.23. The minimum absolute atomic E-state index is 0.0277. The number of aryl methyl sites for hydroxylation is 1. The van der Waals surface area contributed by atoms with Gasteiger partial charge in [0.15, 0.2) is 17.8 Å². The average Bonchev–Trinajstić information content (AvgIpc) is 3.13. The van der Waals surface area contributed by atoms with Gasteiger partial charge in [-0.3, -0.25) is 4.79 Å². The van der Waals surface area contributed by atoms with E-state index < -0.39 is 34.0 Å². The van der Waals surface area contributed by atoms with Crippen LogP contribution in [0.3, 0.4) is 0 Å². The SMILES string of the molecule is COCOc1ccc2oc(=O)c3c(O)c4cccc(C)c4c4oc(=O)c1c2c34.O=c1oc2ccc(O)c3c(O)oc4c5c(=O)cccc5c(O)c1c4c23. The predicted octanol–water partition coefficient (Wildman–Crippen LogP) is 6.40. The van der Waals surface area contributed by atoms with E-state index in [1.165, 1.54) is 43.5 Å². The summed E-state index contributed by atoms with van der Waals surface area (Å²) in [5, 5.41) is 43.7. The molecular weight excluding hydrogens is 692 g/mol. The number of hydrogen-bond acceptors (Lipinski definition) is 14. The van der Waals surface area contributed by atoms with Crippen molar-refractivity contribution in [1.29, 1.82) is 0 Å². The van der Waals surface area contributed by atoms with Crippen LogP contribution in [0.5, 0.6) is 28.9 Å². The second kappa shape index (κ2) is 11.1. The fraction of sp³-hybridized carbons (Fsp3) is 0.0769. The molecule has 10 aromatic rings. The first-order chi connectivity index (χ1) is 25.5. The van der Waals surface area contributed by atoms with Gasteiger partial charge >= 0.3 is 16.9 Å². The lowest BCUT2D eigenvalue weighted by molar-refractivity contribution is 0.0521. The highest BCUT2D eigenvalue weighted by Crippen LogP contribution is 2.47. The Balaban J connectivity index is 0.000000141. The molecule has 0 saturated carbocycles. The predicted molar refractivity (Wildman–Crippen MR) is 193 cm³/mol. The molecule has 10 rings (SSSR count). The molecule has 0 aliphatic carbocycles. The summed E-state index contributed by atoms with van der Waals surface area (Å²) in [6.45, 7) is 1.77. The Morgan fingerprint density at radius 1 is 0.547 bits per heavy atom. The number of phenols is 3. The van der Waals surface area contributed by atoms with Crippen molar-refractivity contribution in [3.63, 3.8) is 0 Å². The lowest BCUT2D eigenvalue weighted by Crippen LogP contribution is -2.09. The van der Waals surface area contributed by atoms with Gasteiger partial charge in [-0.05, 0) is 42.8 Å². The van der Waals surface area contributed by atoms with Crippen molar-refractivity contribution in [1.82, 2.24) is 0 Å². The van der Waals surface area contributed by atoms with Crippen molar-refractivity contribution in [3.05, 3.63) is 108 Å². The van der Waals surface area contributed by atoms with Crippen molar-refractivity contribution in [2.24, 2.45) is 0 Å². The zero-order chi connectivity index (χ0) is 37.0. The number of benzene rings is 6. The van der Waals surface area contributed by atoms with Gasteiger partial charge < -0.3 is 47.6 Å². The summed E-state index contributed by atoms with van der Waals surface area (Å²) in [6, 6.07) is 15.1. The maximum atomic E-state index is 12.9. The first kappa shape index (κ1) is 31.6. The molecule has 0 unspecified atom stereocenters. The molecule has 14 nitrogen and oxygen atoms in total. The molecule has 0 spiro atoms. The fourth-order valence-corrected chi connectivity index (χ4v) is 7.25. The zero-order valence-corrected chi connectivity index (χ0v) is 27.4. The monoisotopic (exact) mass is 714 g/mol. The molecule has 4 N–H and O–H groups in total. The van der Waals surface area contributed by atoms with Crippen LogP contribution in [0, 0.1) is 6.92 Å². The molecule has 6 aromatic carbocycles. The molecule has 0 fully saturated rings. The number of methoxy groups -OCH3 is 1. The van der Waals surface area contributed by atoms with Gasteiger partial charge in [-0.15, -0.1) is 0 Å². The van der Waals surface area contributed by atoms with Crippen molar-refractivity contribution in [3.8, 4) is 28.9 Å². The van der Waals surface area contributed by atoms with E-state index in [9.17, 15) is 39.6 Å². The molecule has 0 atom stereocenters. The minimum atomic E-state index is -0.818. The third-order valence-electron chi connectivity index (χ3n) is 9.42. The van der Waals surface area contributed by atoms with Gasteiger partial charge in [0.2, 0.25) is 0 Å². The van der Waals surface area contributed by atoms with E-state index in [2.05, 4.69) is 0 Å². The van der Waals surface area contributed by atoms with E-state index in [0.29, 0.717) is 21.5 Å². The normalized spacial score (nSPS) is 12.0. The van der Waals surface area contributed by atoms with Crippen LogP contribution in [0.2, 0.25) is 0 Å². The molecule has 0 aliphatic heterocycles. The van der Waals surface area contributed by atoms with Crippen LogP contribution in [-0.2, 0) is 4.74 Å². The Bertz CT molecular complexity index is 3420. The van der Waals surface area contributed by atoms with Gasteiger partial charge in [-0.2, -0.15) is 0 Å². The molecule has 4 aromatic heterocycles. The van der Waals surface area contributed by atoms with Gasteiger partial charge in [0.25, 0.3) is 5.95 Å². The summed E-state index contributed by atoms with van der Waals surface area (Å²) < 4.78 is 32.1. The van der Waals surface area contributed by atoms with Gasteiger partial charge in [0.05, 0.1) is 5.39 Å². The summed E-state index contributed by atoms with van der Waals surface area (Å²) in [5.41, 5.74) is -1.32. The lowest BCUT2D eigenvalue weighted by Gasteiger charge is -2.14. The largest absolute Gasteiger partial charge is 0.507 e. The molecule has 262 valence electrons. The van der Waals surface area contributed by atoms with E-state index in [0.717, 1.165) is 5.56 Å². The number of aromatic hydroxyl groups is 4. The summed E-state index contributed by atoms with van der Waals surface area (Å²) in [7, 11) is 1.46. The maximum absolute atomic E-state index is 12.9. The van der Waals surface area contributed by atoms with Crippen LogP contribution in [0.15, 0.2) is 97.5 Å². The van der Waals surface area contributed by atoms with Gasteiger partial charge in [0, 0.05) is 44.8 Å². The van der Waals surface area contributed by atoms with Gasteiger partial charge in [-0.1, -0.05) is 30.3 Å². The Morgan fingerprint density at radius 3 is 1.77 bits per heavy atom. The average molecular weight is 715 g/mol. The van der Waals surface area contributed by atoms with Crippen LogP contribution in [0.1, 0.15) is 5.56 Å². The van der Waals surface area contributed by atoms with E-state index in [-0.39, 0.29) is 89.5 Å². The highest BCUT2D eigenvalue weighted by atomic mass is 16.7. The Labute approximate surface area is 291 Å². The third-order valence-corrected chi connectivity index (χ3v) is 9.42. The van der Waals surface area contributed by atoms with E-state index in [1.807, 2.05) is 13.0 Å². The molecular formula is C39H22O14. The smallest absolute Gasteiger partial charge is 0.348 e. The number of rotatable bonds is 3. The van der Waals surface area contributed by atoms with Crippen molar-refractivity contribution in [2.45, 2.75) is 6.92 Å². The quantitative estimate of drug-likeness (QED) is 0.0673. The molecule has 0 bridgehead atoms. The first-order valence-electron chi connectivity index (χ1n) is 15.8. The maximum Gasteiger partial charge on any atom is 0.348 e. The minimum Gasteiger partial charge on any atom is -0.507 e. The van der Waals surface area contributed by atoms with Crippen LogP contribution in [-0.4, -0.2) is 34.3 Å². The van der Waals surface area contributed by atoms with E-state index in [1.54, 1.807) is 18.2 Å². The van der Waals surface area contributed by atoms with Crippen molar-refractivity contribution < 1.29 is 47.6 Å². The summed E-state index contributed by atoms with van der Waals surface area (Å²) in [4.78, 5) is 50.3. The summed E-state index contributed by atoms with van der Waals surface area (Å²) >= 11 is 0. The molecule has 4 heterocycles. The second-order valence-corrected chi connectivity index (χ2v) is 12.3. The topological polar surface area (TPSA) is 220 Å². The summed E-state index contributed by atoms with van der Waals surface area (Å²) in [5.74, 6) is -1.30. The highest BCUT2D eigenvalue weighted by Gasteiger charge is 2.27. The standard InChI is InChI=1S/C21H14O7.C18H8O7/c1-9-4-3-5-10-13(9)19-16-14-12(27-21(24)17(16)18(10)22)7-6-11(26-8-25-2)15(14)20(23)28-19;19-7-3-1-2-6-10(7)16-13-12-9(24-18(23)14(13)15(6)21)5-4-8(20)11(12)17(22)25-16/h3-7,22H,8H2,1-2H3;1-5,20-22H. The highest BCUT2D eigenvalue weighted by molar-refractivity contribution is 6.30. The van der Waals surface area contributed by atoms with E-state index >= 15 is 0 Å².